The van der Waals surface area contributed by atoms with Gasteiger partial charge in [-0.1, -0.05) is 25.1 Å². The van der Waals surface area contributed by atoms with Crippen molar-refractivity contribution in [3.8, 4) is 0 Å². The molecule has 1 amide bonds. The van der Waals surface area contributed by atoms with Gasteiger partial charge in [-0.05, 0) is 30.9 Å². The van der Waals surface area contributed by atoms with Gasteiger partial charge in [0.15, 0.2) is 0 Å². The summed E-state index contributed by atoms with van der Waals surface area (Å²) in [4.78, 5) is 12.4. The Morgan fingerprint density at radius 1 is 1.48 bits per heavy atom. The third-order valence-corrected chi connectivity index (χ3v) is 5.56. The lowest BCUT2D eigenvalue weighted by Crippen LogP contribution is -2.37. The fourth-order valence-electron chi connectivity index (χ4n) is 2.66. The van der Waals surface area contributed by atoms with Crippen molar-refractivity contribution in [3.63, 3.8) is 0 Å². The molecule has 0 aliphatic heterocycles. The summed E-state index contributed by atoms with van der Waals surface area (Å²) < 4.78 is 27.0. The highest BCUT2D eigenvalue weighted by atomic mass is 32.2. The molecule has 0 unspecified atom stereocenters. The number of allylic oxidation sites excluding steroid dienone is 1. The molecule has 1 fully saturated rings. The Bertz CT molecular complexity index is 669. The van der Waals surface area contributed by atoms with E-state index >= 15 is 0 Å². The number of amides is 1. The summed E-state index contributed by atoms with van der Waals surface area (Å²) in [6.07, 6.45) is 2.97. The predicted molar refractivity (Wildman–Crippen MR) is 82.3 cm³/mol. The van der Waals surface area contributed by atoms with Crippen LogP contribution in [0.2, 0.25) is 0 Å². The highest BCUT2D eigenvalue weighted by Gasteiger charge is 2.57. The van der Waals surface area contributed by atoms with E-state index < -0.39 is 21.3 Å². The third kappa shape index (κ3) is 2.68. The van der Waals surface area contributed by atoms with Gasteiger partial charge in [0.2, 0.25) is 5.91 Å². The van der Waals surface area contributed by atoms with E-state index in [0.717, 1.165) is 0 Å². The zero-order valence-electron chi connectivity index (χ0n) is 12.2. The van der Waals surface area contributed by atoms with Gasteiger partial charge in [-0.15, -0.1) is 6.58 Å². The molecule has 0 bridgehead atoms. The lowest BCUT2D eigenvalue weighted by molar-refractivity contribution is -0.124. The molecule has 114 valence electrons. The number of benzene rings is 1. The molecule has 1 aromatic rings. The quantitative estimate of drug-likeness (QED) is 0.790. The monoisotopic (exact) mass is 308 g/mol. The topological polar surface area (TPSA) is 75.3 Å². The summed E-state index contributed by atoms with van der Waals surface area (Å²) in [5.74, 6) is -0.391. The molecule has 1 aromatic carbocycles. The van der Waals surface area contributed by atoms with Gasteiger partial charge in [0.1, 0.15) is 4.90 Å². The number of hydrogen-bond acceptors (Lipinski definition) is 4. The van der Waals surface area contributed by atoms with Crippen LogP contribution in [0, 0.1) is 11.3 Å². The SMILES string of the molecule is C=C[C@@H]1C[C@]1(CC)C(=O)NS(=O)(=O)c1ccccc1NC. The molecule has 0 aromatic heterocycles. The van der Waals surface area contributed by atoms with Crippen LogP contribution in [0.25, 0.3) is 0 Å². The molecule has 21 heavy (non-hydrogen) atoms. The number of sulfonamides is 1. The molecule has 0 radical (unpaired) electrons. The first-order valence-corrected chi connectivity index (χ1v) is 8.36. The van der Waals surface area contributed by atoms with Crippen LogP contribution in [0.5, 0.6) is 0 Å². The van der Waals surface area contributed by atoms with Crippen molar-refractivity contribution in [1.82, 2.24) is 4.72 Å². The Morgan fingerprint density at radius 3 is 2.67 bits per heavy atom. The van der Waals surface area contributed by atoms with Crippen molar-refractivity contribution in [2.45, 2.75) is 24.7 Å². The maximum absolute atomic E-state index is 12.4. The predicted octanol–water partition coefficient (Wildman–Crippen LogP) is 2.14. The number of nitrogens with one attached hydrogen (secondary N) is 2. The Labute approximate surface area is 125 Å². The zero-order valence-corrected chi connectivity index (χ0v) is 13.0. The highest BCUT2D eigenvalue weighted by molar-refractivity contribution is 7.90. The number of anilines is 1. The third-order valence-electron chi connectivity index (χ3n) is 4.17. The molecule has 1 saturated carbocycles. The van der Waals surface area contributed by atoms with E-state index in [1.807, 2.05) is 6.92 Å². The second-order valence-corrected chi connectivity index (χ2v) is 6.89. The first-order chi connectivity index (χ1) is 9.91. The molecule has 2 atom stereocenters. The normalized spacial score (nSPS) is 24.2. The van der Waals surface area contributed by atoms with E-state index in [4.69, 9.17) is 0 Å². The number of para-hydroxylation sites is 1. The maximum atomic E-state index is 12.4. The zero-order chi connectivity index (χ0) is 15.7. The molecule has 0 heterocycles. The highest BCUT2D eigenvalue weighted by Crippen LogP contribution is 2.56. The van der Waals surface area contributed by atoms with E-state index in [1.165, 1.54) is 6.07 Å². The second-order valence-electron chi connectivity index (χ2n) is 5.24. The van der Waals surface area contributed by atoms with Crippen LogP contribution in [0.15, 0.2) is 41.8 Å². The number of carbonyl (C=O) groups excluding carboxylic acids is 1. The van der Waals surface area contributed by atoms with Crippen molar-refractivity contribution in [1.29, 1.82) is 0 Å². The summed E-state index contributed by atoms with van der Waals surface area (Å²) in [5, 5.41) is 2.82. The molecule has 0 saturated heterocycles. The van der Waals surface area contributed by atoms with Crippen molar-refractivity contribution in [2.24, 2.45) is 11.3 Å². The Hall–Kier alpha value is -1.82. The van der Waals surface area contributed by atoms with E-state index in [2.05, 4.69) is 16.6 Å². The first-order valence-electron chi connectivity index (χ1n) is 6.88. The van der Waals surface area contributed by atoms with E-state index in [0.29, 0.717) is 18.5 Å². The largest absolute Gasteiger partial charge is 0.387 e. The van der Waals surface area contributed by atoms with Crippen LogP contribution in [-0.4, -0.2) is 21.4 Å². The molecule has 2 rings (SSSR count). The average molecular weight is 308 g/mol. The minimum absolute atomic E-state index is 0.0530. The molecule has 2 N–H and O–H groups in total. The van der Waals surface area contributed by atoms with Crippen LogP contribution in [0.1, 0.15) is 19.8 Å². The molecular weight excluding hydrogens is 288 g/mol. The van der Waals surface area contributed by atoms with E-state index in [9.17, 15) is 13.2 Å². The van der Waals surface area contributed by atoms with Crippen LogP contribution < -0.4 is 10.0 Å². The van der Waals surface area contributed by atoms with Crippen molar-refractivity contribution < 1.29 is 13.2 Å². The molecule has 1 aliphatic rings. The fraction of sp³-hybridized carbons (Fsp3) is 0.400. The Kier molecular flexibility index (Phi) is 4.09. The van der Waals surface area contributed by atoms with Crippen LogP contribution in [0.3, 0.4) is 0 Å². The Balaban J connectivity index is 2.26. The average Bonchev–Trinajstić information content (AvgIpc) is 3.22. The van der Waals surface area contributed by atoms with Gasteiger partial charge in [0.25, 0.3) is 10.0 Å². The van der Waals surface area contributed by atoms with Gasteiger partial charge in [-0.3, -0.25) is 4.79 Å². The van der Waals surface area contributed by atoms with Gasteiger partial charge in [-0.2, -0.15) is 0 Å². The van der Waals surface area contributed by atoms with Gasteiger partial charge >= 0.3 is 0 Å². The second kappa shape index (κ2) is 5.52. The smallest absolute Gasteiger partial charge is 0.266 e. The molecule has 6 heteroatoms. The lowest BCUT2D eigenvalue weighted by Gasteiger charge is -2.16. The van der Waals surface area contributed by atoms with E-state index in [-0.39, 0.29) is 10.8 Å². The van der Waals surface area contributed by atoms with Crippen LogP contribution in [0.4, 0.5) is 5.69 Å². The lowest BCUT2D eigenvalue weighted by atomic mass is 10.00. The van der Waals surface area contributed by atoms with Gasteiger partial charge in [0, 0.05) is 7.05 Å². The fourth-order valence-corrected chi connectivity index (χ4v) is 3.93. The van der Waals surface area contributed by atoms with Crippen LogP contribution >= 0.6 is 0 Å². The van der Waals surface area contributed by atoms with Gasteiger partial charge < -0.3 is 5.32 Å². The standard InChI is InChI=1S/C15H20N2O3S/c1-4-11-10-15(11,5-2)14(18)17-21(19,20)13-9-7-6-8-12(13)16-3/h4,6-9,11,16H,1,5,10H2,2-3H3,(H,17,18)/t11-,15+/m1/s1. The number of hydrogen-bond donors (Lipinski definition) is 2. The summed E-state index contributed by atoms with van der Waals surface area (Å²) >= 11 is 0. The van der Waals surface area contributed by atoms with Gasteiger partial charge in [-0.25, -0.2) is 13.1 Å². The molecular formula is C15H20N2O3S. The minimum Gasteiger partial charge on any atom is -0.387 e. The summed E-state index contributed by atoms with van der Waals surface area (Å²) in [5.41, 5.74) is -0.164. The number of rotatable bonds is 6. The van der Waals surface area contributed by atoms with E-state index in [1.54, 1.807) is 31.3 Å². The van der Waals surface area contributed by atoms with Crippen molar-refractivity contribution in [2.75, 3.05) is 12.4 Å². The minimum atomic E-state index is -3.88. The van der Waals surface area contributed by atoms with Crippen LogP contribution in [-0.2, 0) is 14.8 Å². The van der Waals surface area contributed by atoms with Crippen molar-refractivity contribution in [3.05, 3.63) is 36.9 Å². The summed E-state index contributed by atoms with van der Waals surface area (Å²) in [6, 6.07) is 6.48. The van der Waals surface area contributed by atoms with Crippen molar-refractivity contribution >= 4 is 21.6 Å². The first kappa shape index (κ1) is 15.6. The molecule has 1 aliphatic carbocycles. The Morgan fingerprint density at radius 2 is 2.14 bits per heavy atom. The molecule has 5 nitrogen and oxygen atoms in total. The summed E-state index contributed by atoms with van der Waals surface area (Å²) in [7, 11) is -2.25. The number of carbonyl (C=O) groups is 1. The molecule has 0 spiro atoms. The maximum Gasteiger partial charge on any atom is 0.266 e. The summed E-state index contributed by atoms with van der Waals surface area (Å²) in [6.45, 7) is 5.58. The van der Waals surface area contributed by atoms with Gasteiger partial charge in [0.05, 0.1) is 11.1 Å².